The highest BCUT2D eigenvalue weighted by molar-refractivity contribution is 6.46. The molecule has 0 unspecified atom stereocenters. The second kappa shape index (κ2) is 9.56. The van der Waals surface area contributed by atoms with Crippen LogP contribution in [0.5, 0.6) is 11.5 Å². The van der Waals surface area contributed by atoms with Crippen LogP contribution >= 0.6 is 0 Å². The van der Waals surface area contributed by atoms with Crippen LogP contribution in [0.4, 0.5) is 15.8 Å². The molecule has 168 valence electrons. The van der Waals surface area contributed by atoms with Crippen molar-refractivity contribution in [2.45, 2.75) is 13.8 Å². The second-order valence-electron chi connectivity index (χ2n) is 7.22. The van der Waals surface area contributed by atoms with Gasteiger partial charge in [0.25, 0.3) is 11.8 Å². The molecule has 1 N–H and O–H groups in total. The minimum absolute atomic E-state index is 0.109. The Labute approximate surface area is 191 Å². The predicted molar refractivity (Wildman–Crippen MR) is 125 cm³/mol. The zero-order valence-corrected chi connectivity index (χ0v) is 18.3. The summed E-state index contributed by atoms with van der Waals surface area (Å²) in [7, 11) is 0. The number of carbonyl (C=O) groups is 2. The molecular weight excluding hydrogens is 423 g/mol. The van der Waals surface area contributed by atoms with Crippen molar-refractivity contribution in [2.24, 2.45) is 0 Å². The number of nitrogens with zero attached hydrogens (tertiary/aromatic N) is 1. The van der Waals surface area contributed by atoms with E-state index in [1.54, 1.807) is 48.5 Å². The Morgan fingerprint density at radius 1 is 0.818 bits per heavy atom. The van der Waals surface area contributed by atoms with E-state index in [2.05, 4.69) is 5.32 Å². The summed E-state index contributed by atoms with van der Waals surface area (Å²) in [6, 6.07) is 19.3. The molecule has 3 aromatic carbocycles. The van der Waals surface area contributed by atoms with Gasteiger partial charge in [-0.05, 0) is 67.9 Å². The fourth-order valence-corrected chi connectivity index (χ4v) is 3.59. The number of rotatable bonds is 8. The highest BCUT2D eigenvalue weighted by atomic mass is 19.1. The summed E-state index contributed by atoms with van der Waals surface area (Å²) in [6.07, 6.45) is 0. The standard InChI is InChI=1S/C26H23FN2O4/c1-3-32-21-14-12-19(13-15-21)28-24-23(17-8-10-18(27)11-9-17)25(30)29(26(24)31)20-6-5-7-22(16-20)33-4-2/h5-16,28H,3-4H2,1-2H3. The van der Waals surface area contributed by atoms with Crippen LogP contribution in [-0.2, 0) is 9.59 Å². The molecule has 0 spiro atoms. The highest BCUT2D eigenvalue weighted by Gasteiger charge is 2.40. The third-order valence-electron chi connectivity index (χ3n) is 5.04. The number of benzene rings is 3. The lowest BCUT2D eigenvalue weighted by atomic mass is 10.0. The number of imide groups is 1. The summed E-state index contributed by atoms with van der Waals surface area (Å²) in [4.78, 5) is 28.0. The van der Waals surface area contributed by atoms with Gasteiger partial charge in [0, 0.05) is 11.8 Å². The molecular formula is C26H23FN2O4. The topological polar surface area (TPSA) is 67.9 Å². The summed E-state index contributed by atoms with van der Waals surface area (Å²) in [5.74, 6) is -0.209. The number of anilines is 2. The number of halogens is 1. The quantitative estimate of drug-likeness (QED) is 0.492. The molecule has 0 radical (unpaired) electrons. The van der Waals surface area contributed by atoms with E-state index in [0.29, 0.717) is 41.7 Å². The Hall–Kier alpha value is -4.13. The largest absolute Gasteiger partial charge is 0.494 e. The fraction of sp³-hybridized carbons (Fsp3) is 0.154. The number of nitrogens with one attached hydrogen (secondary N) is 1. The first-order chi connectivity index (χ1) is 16.0. The molecule has 3 aromatic rings. The van der Waals surface area contributed by atoms with Crippen LogP contribution in [0.1, 0.15) is 19.4 Å². The third-order valence-corrected chi connectivity index (χ3v) is 5.04. The van der Waals surface area contributed by atoms with Crippen molar-refractivity contribution in [3.05, 3.63) is 89.9 Å². The van der Waals surface area contributed by atoms with Crippen LogP contribution in [0, 0.1) is 5.82 Å². The maximum absolute atomic E-state index is 13.5. The normalized spacial score (nSPS) is 13.5. The van der Waals surface area contributed by atoms with Gasteiger partial charge in [-0.1, -0.05) is 18.2 Å². The Bertz CT molecular complexity index is 1200. The van der Waals surface area contributed by atoms with E-state index in [9.17, 15) is 14.0 Å². The predicted octanol–water partition coefficient (Wildman–Crippen LogP) is 5.02. The monoisotopic (exact) mass is 446 g/mol. The molecule has 0 fully saturated rings. The zero-order valence-electron chi connectivity index (χ0n) is 18.3. The van der Waals surface area contributed by atoms with Crippen molar-refractivity contribution in [2.75, 3.05) is 23.4 Å². The number of carbonyl (C=O) groups excluding carboxylic acids is 2. The molecule has 4 rings (SSSR count). The Kier molecular flexibility index (Phi) is 6.40. The molecule has 0 aromatic heterocycles. The molecule has 0 aliphatic carbocycles. The van der Waals surface area contributed by atoms with Gasteiger partial charge < -0.3 is 14.8 Å². The van der Waals surface area contributed by atoms with Crippen molar-refractivity contribution in [3.8, 4) is 11.5 Å². The lowest BCUT2D eigenvalue weighted by Crippen LogP contribution is -2.32. The average molecular weight is 446 g/mol. The molecule has 0 bridgehead atoms. The third kappa shape index (κ3) is 4.57. The maximum atomic E-state index is 13.5. The summed E-state index contributed by atoms with van der Waals surface area (Å²) < 4.78 is 24.5. The smallest absolute Gasteiger partial charge is 0.282 e. The van der Waals surface area contributed by atoms with E-state index in [1.807, 2.05) is 13.8 Å². The van der Waals surface area contributed by atoms with Gasteiger partial charge in [0.15, 0.2) is 0 Å². The minimum Gasteiger partial charge on any atom is -0.494 e. The van der Waals surface area contributed by atoms with Gasteiger partial charge in [0.05, 0.1) is 24.5 Å². The Morgan fingerprint density at radius 3 is 2.15 bits per heavy atom. The average Bonchev–Trinajstić information content (AvgIpc) is 3.05. The van der Waals surface area contributed by atoms with Gasteiger partial charge >= 0.3 is 0 Å². The van der Waals surface area contributed by atoms with E-state index in [-0.39, 0.29) is 11.3 Å². The summed E-state index contributed by atoms with van der Waals surface area (Å²) >= 11 is 0. The molecule has 0 saturated carbocycles. The van der Waals surface area contributed by atoms with Crippen LogP contribution < -0.4 is 19.7 Å². The maximum Gasteiger partial charge on any atom is 0.282 e. The van der Waals surface area contributed by atoms with Crippen LogP contribution in [0.15, 0.2) is 78.5 Å². The van der Waals surface area contributed by atoms with Gasteiger partial charge in [0.2, 0.25) is 0 Å². The molecule has 7 heteroatoms. The van der Waals surface area contributed by atoms with E-state index in [1.165, 1.54) is 24.3 Å². The van der Waals surface area contributed by atoms with Crippen LogP contribution in [0.25, 0.3) is 5.57 Å². The summed E-state index contributed by atoms with van der Waals surface area (Å²) in [5.41, 5.74) is 1.71. The number of hydrogen-bond donors (Lipinski definition) is 1. The molecule has 0 saturated heterocycles. The Balaban J connectivity index is 1.74. The number of amides is 2. The number of ether oxygens (including phenoxy) is 2. The van der Waals surface area contributed by atoms with Crippen molar-refractivity contribution in [3.63, 3.8) is 0 Å². The van der Waals surface area contributed by atoms with Gasteiger partial charge in [-0.3, -0.25) is 9.59 Å². The highest BCUT2D eigenvalue weighted by Crippen LogP contribution is 2.35. The molecule has 1 aliphatic rings. The van der Waals surface area contributed by atoms with Gasteiger partial charge in [0.1, 0.15) is 23.0 Å². The lowest BCUT2D eigenvalue weighted by molar-refractivity contribution is -0.120. The minimum atomic E-state index is -0.512. The van der Waals surface area contributed by atoms with E-state index in [4.69, 9.17) is 9.47 Å². The van der Waals surface area contributed by atoms with E-state index < -0.39 is 17.6 Å². The second-order valence-corrected chi connectivity index (χ2v) is 7.22. The molecule has 2 amide bonds. The van der Waals surface area contributed by atoms with Crippen molar-refractivity contribution in [1.82, 2.24) is 0 Å². The first kappa shape index (κ1) is 22.1. The van der Waals surface area contributed by atoms with Crippen molar-refractivity contribution < 1.29 is 23.5 Å². The van der Waals surface area contributed by atoms with Gasteiger partial charge in [-0.15, -0.1) is 0 Å². The zero-order chi connectivity index (χ0) is 23.4. The fourth-order valence-electron chi connectivity index (χ4n) is 3.59. The molecule has 6 nitrogen and oxygen atoms in total. The van der Waals surface area contributed by atoms with Crippen molar-refractivity contribution >= 4 is 28.8 Å². The lowest BCUT2D eigenvalue weighted by Gasteiger charge is -2.16. The van der Waals surface area contributed by atoms with Crippen molar-refractivity contribution in [1.29, 1.82) is 0 Å². The first-order valence-electron chi connectivity index (χ1n) is 10.6. The molecule has 1 heterocycles. The van der Waals surface area contributed by atoms with Gasteiger partial charge in [-0.25, -0.2) is 9.29 Å². The van der Waals surface area contributed by atoms with E-state index >= 15 is 0 Å². The SMILES string of the molecule is CCOc1ccc(NC2=C(c3ccc(F)cc3)C(=O)N(c3cccc(OCC)c3)C2=O)cc1. The van der Waals surface area contributed by atoms with E-state index in [0.717, 1.165) is 4.90 Å². The van der Waals surface area contributed by atoms with Gasteiger partial charge in [-0.2, -0.15) is 0 Å². The number of hydrogen-bond acceptors (Lipinski definition) is 5. The van der Waals surface area contributed by atoms with Crippen LogP contribution in [0.3, 0.4) is 0 Å². The summed E-state index contributed by atoms with van der Waals surface area (Å²) in [5, 5.41) is 3.08. The first-order valence-corrected chi connectivity index (χ1v) is 10.6. The summed E-state index contributed by atoms with van der Waals surface area (Å²) in [6.45, 7) is 4.74. The van der Waals surface area contributed by atoms with Crippen LogP contribution in [-0.4, -0.2) is 25.0 Å². The Morgan fingerprint density at radius 2 is 1.48 bits per heavy atom. The molecule has 0 atom stereocenters. The van der Waals surface area contributed by atoms with Crippen LogP contribution in [0.2, 0.25) is 0 Å². The molecule has 1 aliphatic heterocycles. The molecule has 33 heavy (non-hydrogen) atoms.